The number of nitrogens with zero attached hydrogens (tertiary/aromatic N) is 3. The second-order valence-electron chi connectivity index (χ2n) is 9.39. The van der Waals surface area contributed by atoms with Crippen LogP contribution < -0.4 is 5.32 Å². The number of hydrogen-bond donors (Lipinski definition) is 2. The molecule has 0 radical (unpaired) electrons. The predicted molar refractivity (Wildman–Crippen MR) is 134 cm³/mol. The zero-order valence-corrected chi connectivity index (χ0v) is 21.2. The largest absolute Gasteiger partial charge is 0.507 e. The number of aromatic hydroxyl groups is 1. The monoisotopic (exact) mass is 484 g/mol. The topological polar surface area (TPSA) is 108 Å². The Morgan fingerprint density at radius 1 is 1.35 bits per heavy atom. The van der Waals surface area contributed by atoms with Gasteiger partial charge in [0.15, 0.2) is 11.5 Å². The van der Waals surface area contributed by atoms with E-state index in [0.717, 1.165) is 25.9 Å². The maximum Gasteiger partial charge on any atom is 0.273 e. The molecule has 0 bridgehead atoms. The zero-order valence-electron chi connectivity index (χ0n) is 20.3. The number of thioether (sulfide) groups is 1. The molecule has 34 heavy (non-hydrogen) atoms. The van der Waals surface area contributed by atoms with Gasteiger partial charge in [0.25, 0.3) is 5.91 Å². The average molecular weight is 485 g/mol. The number of nitroso groups, excluding NO2 is 1. The van der Waals surface area contributed by atoms with Gasteiger partial charge in [0.1, 0.15) is 11.4 Å². The Hall–Kier alpha value is -2.65. The fourth-order valence-corrected chi connectivity index (χ4v) is 6.52. The van der Waals surface area contributed by atoms with E-state index in [1.165, 1.54) is 16.5 Å². The van der Waals surface area contributed by atoms with Gasteiger partial charge in [-0.3, -0.25) is 4.79 Å². The molecule has 0 aliphatic carbocycles. The van der Waals surface area contributed by atoms with E-state index in [1.54, 1.807) is 17.8 Å². The van der Waals surface area contributed by atoms with E-state index in [0.29, 0.717) is 29.0 Å². The zero-order chi connectivity index (χ0) is 24.6. The van der Waals surface area contributed by atoms with Crippen LogP contribution >= 0.6 is 11.8 Å². The summed E-state index contributed by atoms with van der Waals surface area (Å²) in [6, 6.07) is 3.10. The number of phenolic OH excluding ortho intramolecular Hbond substituents is 1. The summed E-state index contributed by atoms with van der Waals surface area (Å²) in [6.07, 6.45) is 1.98. The van der Waals surface area contributed by atoms with Crippen LogP contribution in [0.25, 0.3) is 11.3 Å². The molecular formula is C25H32N4O4S. The molecule has 2 unspecified atom stereocenters. The van der Waals surface area contributed by atoms with E-state index in [1.807, 2.05) is 20.8 Å². The van der Waals surface area contributed by atoms with E-state index in [4.69, 9.17) is 4.52 Å². The highest BCUT2D eigenvalue weighted by atomic mass is 32.2. The third-order valence-corrected chi connectivity index (χ3v) is 8.44. The Balaban J connectivity index is 1.84. The molecule has 0 saturated heterocycles. The van der Waals surface area contributed by atoms with E-state index in [2.05, 4.69) is 34.5 Å². The van der Waals surface area contributed by atoms with Crippen molar-refractivity contribution in [2.75, 3.05) is 26.7 Å². The summed E-state index contributed by atoms with van der Waals surface area (Å²) in [4.78, 5) is 28.0. The third-order valence-electron chi connectivity index (χ3n) is 6.79. The number of benzene rings is 1. The fourth-order valence-electron chi connectivity index (χ4n) is 4.86. The number of carbonyl (C=O) groups is 1. The van der Waals surface area contributed by atoms with Gasteiger partial charge < -0.3 is 19.8 Å². The standard InChI is InChI=1S/C25H32N4O4S/c1-6-26-25(31)22-21(24-14(4)15-7-9-29(5)10-8-20(15)34-24)23(33-28-22)17-11-16(13(2)3)18(27-32)12-19(17)30/h11-14,24,30H,6-10H2,1-5H3,(H,26,31). The van der Waals surface area contributed by atoms with Crippen molar-refractivity contribution < 1.29 is 14.4 Å². The van der Waals surface area contributed by atoms with Crippen molar-refractivity contribution in [3.05, 3.63) is 44.3 Å². The van der Waals surface area contributed by atoms with Crippen molar-refractivity contribution >= 4 is 23.4 Å². The van der Waals surface area contributed by atoms with E-state index in [9.17, 15) is 14.8 Å². The van der Waals surface area contributed by atoms with Gasteiger partial charge in [-0.05, 0) is 60.4 Å². The summed E-state index contributed by atoms with van der Waals surface area (Å²) in [7, 11) is 2.15. The number of amides is 1. The second-order valence-corrected chi connectivity index (χ2v) is 10.6. The third kappa shape index (κ3) is 4.38. The van der Waals surface area contributed by atoms with Crippen LogP contribution in [0, 0.1) is 10.8 Å². The van der Waals surface area contributed by atoms with Crippen LogP contribution in [0.15, 0.2) is 32.3 Å². The molecular weight excluding hydrogens is 452 g/mol. The van der Waals surface area contributed by atoms with Gasteiger partial charge in [-0.25, -0.2) is 0 Å². The highest BCUT2D eigenvalue weighted by molar-refractivity contribution is 8.03. The van der Waals surface area contributed by atoms with Gasteiger partial charge in [0.2, 0.25) is 0 Å². The summed E-state index contributed by atoms with van der Waals surface area (Å²) in [6.45, 7) is 10.5. The summed E-state index contributed by atoms with van der Waals surface area (Å²) in [5.41, 5.74) is 3.70. The second kappa shape index (κ2) is 9.92. The highest BCUT2D eigenvalue weighted by Gasteiger charge is 2.40. The Morgan fingerprint density at radius 2 is 2.09 bits per heavy atom. The van der Waals surface area contributed by atoms with Crippen LogP contribution in [0.2, 0.25) is 0 Å². The maximum atomic E-state index is 13.0. The van der Waals surface area contributed by atoms with E-state index < -0.39 is 0 Å². The molecule has 0 spiro atoms. The van der Waals surface area contributed by atoms with Crippen molar-refractivity contribution in [1.82, 2.24) is 15.4 Å². The Bertz CT molecular complexity index is 1140. The first kappa shape index (κ1) is 24.5. The van der Waals surface area contributed by atoms with Crippen LogP contribution in [0.4, 0.5) is 5.69 Å². The lowest BCUT2D eigenvalue weighted by Crippen LogP contribution is -2.25. The first-order chi connectivity index (χ1) is 16.3. The van der Waals surface area contributed by atoms with Crippen LogP contribution in [0.1, 0.15) is 73.3 Å². The first-order valence-corrected chi connectivity index (χ1v) is 12.7. The number of aromatic nitrogens is 1. The molecule has 2 atom stereocenters. The van der Waals surface area contributed by atoms with Crippen LogP contribution in [0.3, 0.4) is 0 Å². The lowest BCUT2D eigenvalue weighted by molar-refractivity contribution is 0.0946. The van der Waals surface area contributed by atoms with Crippen LogP contribution in [-0.2, 0) is 0 Å². The molecule has 4 rings (SSSR count). The van der Waals surface area contributed by atoms with Crippen molar-refractivity contribution in [2.24, 2.45) is 11.1 Å². The van der Waals surface area contributed by atoms with Gasteiger partial charge in [-0.1, -0.05) is 31.5 Å². The maximum absolute atomic E-state index is 13.0. The molecule has 182 valence electrons. The number of carbonyl (C=O) groups excluding carboxylic acids is 1. The molecule has 8 nitrogen and oxygen atoms in total. The number of hydrogen-bond acceptors (Lipinski definition) is 8. The molecule has 1 amide bonds. The van der Waals surface area contributed by atoms with Crippen LogP contribution in [0.5, 0.6) is 5.75 Å². The smallest absolute Gasteiger partial charge is 0.273 e. The van der Waals surface area contributed by atoms with Gasteiger partial charge in [0, 0.05) is 36.5 Å². The molecule has 1 aromatic heterocycles. The van der Waals surface area contributed by atoms with E-state index >= 15 is 0 Å². The molecule has 0 saturated carbocycles. The van der Waals surface area contributed by atoms with Gasteiger partial charge in [0.05, 0.1) is 5.56 Å². The first-order valence-electron chi connectivity index (χ1n) is 11.8. The van der Waals surface area contributed by atoms with Crippen molar-refractivity contribution in [3.8, 4) is 17.1 Å². The molecule has 9 heteroatoms. The lowest BCUT2D eigenvalue weighted by atomic mass is 9.88. The summed E-state index contributed by atoms with van der Waals surface area (Å²) < 4.78 is 5.77. The predicted octanol–water partition coefficient (Wildman–Crippen LogP) is 5.72. The minimum Gasteiger partial charge on any atom is -0.507 e. The molecule has 2 aliphatic heterocycles. The van der Waals surface area contributed by atoms with Crippen LogP contribution in [-0.4, -0.2) is 47.8 Å². The number of nitrogens with one attached hydrogen (secondary N) is 1. The van der Waals surface area contributed by atoms with Gasteiger partial charge >= 0.3 is 0 Å². The van der Waals surface area contributed by atoms with Crippen molar-refractivity contribution in [2.45, 2.75) is 51.7 Å². The summed E-state index contributed by atoms with van der Waals surface area (Å²) in [5, 5.41) is 20.9. The highest BCUT2D eigenvalue weighted by Crippen LogP contribution is 2.57. The normalized spacial score (nSPS) is 21.0. The number of phenols is 1. The molecule has 1 aromatic carbocycles. The Kier molecular flexibility index (Phi) is 7.14. The van der Waals surface area contributed by atoms with E-state index in [-0.39, 0.29) is 40.1 Å². The van der Waals surface area contributed by atoms with Gasteiger partial charge in [-0.15, -0.1) is 16.7 Å². The molecule has 3 heterocycles. The molecule has 0 fully saturated rings. The molecule has 2 aliphatic rings. The van der Waals surface area contributed by atoms with Crippen molar-refractivity contribution in [1.29, 1.82) is 0 Å². The Labute approximate surface area is 204 Å². The lowest BCUT2D eigenvalue weighted by Gasteiger charge is -2.21. The number of rotatable bonds is 6. The summed E-state index contributed by atoms with van der Waals surface area (Å²) >= 11 is 1.78. The fraction of sp³-hybridized carbons (Fsp3) is 0.520. The minimum absolute atomic E-state index is 0.00998. The van der Waals surface area contributed by atoms with Gasteiger partial charge in [-0.2, -0.15) is 0 Å². The molecule has 2 N–H and O–H groups in total. The average Bonchev–Trinajstić information content (AvgIpc) is 3.30. The quantitative estimate of drug-likeness (QED) is 0.505. The summed E-state index contributed by atoms with van der Waals surface area (Å²) in [5.74, 6) is 0.163. The Morgan fingerprint density at radius 3 is 2.76 bits per heavy atom. The minimum atomic E-state index is -0.295. The van der Waals surface area contributed by atoms with Crippen molar-refractivity contribution in [3.63, 3.8) is 0 Å². The molecule has 2 aromatic rings. The SMILES string of the molecule is CCNC(=O)c1noc(-c2cc(C(C)C)c(N=O)cc2O)c1C1SC2=C(CCN(C)CC2)C1C.